The van der Waals surface area contributed by atoms with Gasteiger partial charge in [-0.2, -0.15) is 0 Å². The van der Waals surface area contributed by atoms with E-state index in [4.69, 9.17) is 4.74 Å². The molecule has 0 bridgehead atoms. The molecule has 4 nitrogen and oxygen atoms in total. The third-order valence-corrected chi connectivity index (χ3v) is 6.43. The second kappa shape index (κ2) is 7.27. The number of anilines is 1. The third kappa shape index (κ3) is 4.11. The Kier molecular flexibility index (Phi) is 4.87. The lowest BCUT2D eigenvalue weighted by Crippen LogP contribution is -2.13. The molecule has 1 aliphatic rings. The van der Waals surface area contributed by atoms with Crippen LogP contribution >= 0.6 is 38.6 Å². The Hall–Kier alpha value is -1.70. The van der Waals surface area contributed by atoms with Gasteiger partial charge >= 0.3 is 6.09 Å². The predicted octanol–water partition coefficient (Wildman–Crippen LogP) is 5.99. The molecule has 1 aromatic carbocycles. The minimum atomic E-state index is -0.473. The zero-order chi connectivity index (χ0) is 17.2. The lowest BCUT2D eigenvalue weighted by Gasteiger charge is -2.04. The molecule has 128 valence electrons. The van der Waals surface area contributed by atoms with E-state index >= 15 is 0 Å². The number of hydrogen-bond acceptors (Lipinski definition) is 5. The summed E-state index contributed by atoms with van der Waals surface area (Å²) in [6, 6.07) is 11.8. The SMILES string of the molecule is O=C(Nc1nc([C@@H]2C[C@H]2c2csc(Br)c2)cs1)OCc1ccccc1. The first kappa shape index (κ1) is 16.8. The average Bonchev–Trinajstić information content (AvgIpc) is 3.07. The van der Waals surface area contributed by atoms with Crippen LogP contribution in [0, 0.1) is 0 Å². The van der Waals surface area contributed by atoms with Gasteiger partial charge in [-0.1, -0.05) is 30.3 Å². The van der Waals surface area contributed by atoms with Gasteiger partial charge in [-0.25, -0.2) is 9.78 Å². The van der Waals surface area contributed by atoms with E-state index in [1.165, 1.54) is 16.9 Å². The maximum absolute atomic E-state index is 11.9. The van der Waals surface area contributed by atoms with Crippen molar-refractivity contribution in [3.05, 3.63) is 67.8 Å². The van der Waals surface area contributed by atoms with E-state index < -0.39 is 6.09 Å². The van der Waals surface area contributed by atoms with E-state index in [0.29, 0.717) is 17.0 Å². The van der Waals surface area contributed by atoms with Crippen molar-refractivity contribution in [2.45, 2.75) is 24.9 Å². The molecule has 1 amide bonds. The number of aromatic nitrogens is 1. The van der Waals surface area contributed by atoms with Crippen molar-refractivity contribution < 1.29 is 9.53 Å². The van der Waals surface area contributed by atoms with E-state index in [-0.39, 0.29) is 6.61 Å². The molecular formula is C18H15BrN2O2S2. The van der Waals surface area contributed by atoms with Crippen molar-refractivity contribution in [2.24, 2.45) is 0 Å². The first-order valence-corrected chi connectivity index (χ1v) is 10.4. The molecule has 0 aliphatic heterocycles. The van der Waals surface area contributed by atoms with E-state index in [9.17, 15) is 4.79 Å². The number of amides is 1. The molecular weight excluding hydrogens is 420 g/mol. The summed E-state index contributed by atoms with van der Waals surface area (Å²) in [6.07, 6.45) is 0.643. The van der Waals surface area contributed by atoms with Gasteiger partial charge < -0.3 is 4.74 Å². The Bertz CT molecular complexity index is 878. The summed E-state index contributed by atoms with van der Waals surface area (Å²) < 4.78 is 6.39. The average molecular weight is 435 g/mol. The number of halogens is 1. The monoisotopic (exact) mass is 434 g/mol. The van der Waals surface area contributed by atoms with Crippen molar-refractivity contribution >= 4 is 49.8 Å². The number of benzene rings is 1. The molecule has 0 saturated heterocycles. The number of nitrogens with one attached hydrogen (secondary N) is 1. The lowest BCUT2D eigenvalue weighted by atomic mass is 10.1. The van der Waals surface area contributed by atoms with Crippen molar-refractivity contribution in [2.75, 3.05) is 5.32 Å². The third-order valence-electron chi connectivity index (χ3n) is 4.13. The Labute approximate surface area is 162 Å². The largest absolute Gasteiger partial charge is 0.444 e. The summed E-state index contributed by atoms with van der Waals surface area (Å²) in [6.45, 7) is 0.253. The van der Waals surface area contributed by atoms with Gasteiger partial charge in [-0.3, -0.25) is 5.32 Å². The zero-order valence-electron chi connectivity index (χ0n) is 13.1. The van der Waals surface area contributed by atoms with Crippen molar-refractivity contribution in [3.8, 4) is 0 Å². The van der Waals surface area contributed by atoms with Crippen LogP contribution in [0.5, 0.6) is 0 Å². The molecule has 1 N–H and O–H groups in total. The van der Waals surface area contributed by atoms with Crippen molar-refractivity contribution in [1.29, 1.82) is 0 Å². The number of thiophene rings is 1. The van der Waals surface area contributed by atoms with Crippen LogP contribution in [0.15, 0.2) is 50.9 Å². The molecule has 0 unspecified atom stereocenters. The van der Waals surface area contributed by atoms with Crippen LogP contribution in [-0.2, 0) is 11.3 Å². The van der Waals surface area contributed by atoms with Gasteiger partial charge in [0.05, 0.1) is 9.48 Å². The molecule has 0 spiro atoms. The van der Waals surface area contributed by atoms with Crippen LogP contribution < -0.4 is 5.32 Å². The van der Waals surface area contributed by atoms with Gasteiger partial charge in [0.25, 0.3) is 0 Å². The minimum absolute atomic E-state index is 0.253. The van der Waals surface area contributed by atoms with Gasteiger partial charge in [-0.15, -0.1) is 22.7 Å². The summed E-state index contributed by atoms with van der Waals surface area (Å²) in [5.74, 6) is 0.996. The lowest BCUT2D eigenvalue weighted by molar-refractivity contribution is 0.155. The highest BCUT2D eigenvalue weighted by molar-refractivity contribution is 9.11. The maximum atomic E-state index is 11.9. The molecule has 1 saturated carbocycles. The topological polar surface area (TPSA) is 51.2 Å². The number of hydrogen-bond donors (Lipinski definition) is 1. The summed E-state index contributed by atoms with van der Waals surface area (Å²) >= 11 is 6.66. The van der Waals surface area contributed by atoms with Gasteiger partial charge in [0.1, 0.15) is 6.61 Å². The van der Waals surface area contributed by atoms with Crippen LogP contribution in [0.3, 0.4) is 0 Å². The predicted molar refractivity (Wildman–Crippen MR) is 104 cm³/mol. The fourth-order valence-electron chi connectivity index (χ4n) is 2.77. The van der Waals surface area contributed by atoms with Gasteiger partial charge in [0.15, 0.2) is 5.13 Å². The van der Waals surface area contributed by atoms with Crippen LogP contribution in [0.1, 0.15) is 35.1 Å². The number of ether oxygens (including phenoxy) is 1. The van der Waals surface area contributed by atoms with E-state index in [0.717, 1.165) is 21.5 Å². The van der Waals surface area contributed by atoms with E-state index in [1.807, 2.05) is 35.7 Å². The fraction of sp³-hybridized carbons (Fsp3) is 0.222. The smallest absolute Gasteiger partial charge is 0.413 e. The second-order valence-corrected chi connectivity index (χ2v) is 9.05. The molecule has 2 heterocycles. The normalized spacial score (nSPS) is 18.8. The Morgan fingerprint density at radius 2 is 2.08 bits per heavy atom. The Balaban J connectivity index is 1.30. The van der Waals surface area contributed by atoms with E-state index in [2.05, 4.69) is 37.7 Å². The van der Waals surface area contributed by atoms with Crippen LogP contribution in [0.4, 0.5) is 9.93 Å². The molecule has 4 rings (SSSR count). The molecule has 2 aromatic heterocycles. The molecule has 0 radical (unpaired) electrons. The number of carbonyl (C=O) groups is 1. The zero-order valence-corrected chi connectivity index (χ0v) is 16.4. The highest BCUT2D eigenvalue weighted by atomic mass is 79.9. The maximum Gasteiger partial charge on any atom is 0.413 e. The van der Waals surface area contributed by atoms with Crippen LogP contribution in [0.25, 0.3) is 0 Å². The molecule has 2 atom stereocenters. The summed E-state index contributed by atoms with van der Waals surface area (Å²) in [5, 5.41) is 7.53. The first-order chi connectivity index (χ1) is 12.2. The van der Waals surface area contributed by atoms with Gasteiger partial charge in [-0.05, 0) is 50.8 Å². The second-order valence-electron chi connectivity index (χ2n) is 5.90. The number of carbonyl (C=O) groups excluding carboxylic acids is 1. The Morgan fingerprint density at radius 1 is 1.24 bits per heavy atom. The number of rotatable bonds is 5. The number of nitrogens with zero attached hydrogens (tertiary/aromatic N) is 1. The van der Waals surface area contributed by atoms with Gasteiger partial charge in [0, 0.05) is 11.3 Å². The highest BCUT2D eigenvalue weighted by Crippen LogP contribution is 2.55. The summed E-state index contributed by atoms with van der Waals surface area (Å²) in [4.78, 5) is 16.4. The van der Waals surface area contributed by atoms with Crippen molar-refractivity contribution in [3.63, 3.8) is 0 Å². The quantitative estimate of drug-likeness (QED) is 0.536. The molecule has 1 aliphatic carbocycles. The highest BCUT2D eigenvalue weighted by Gasteiger charge is 2.41. The summed E-state index contributed by atoms with van der Waals surface area (Å²) in [5.41, 5.74) is 3.38. The minimum Gasteiger partial charge on any atom is -0.444 e. The molecule has 7 heteroatoms. The Morgan fingerprint density at radius 3 is 2.84 bits per heavy atom. The fourth-order valence-corrected chi connectivity index (χ4v) is 4.77. The standard InChI is InChI=1S/C18H15BrN2O2S2/c19-16-6-12(9-24-16)13-7-14(13)15-10-25-17(20-15)21-18(22)23-8-11-4-2-1-3-5-11/h1-6,9-10,13-14H,7-8H2,(H,20,21,22)/t13-,14+/m0/s1. The molecule has 1 fully saturated rings. The molecule has 3 aromatic rings. The van der Waals surface area contributed by atoms with Crippen molar-refractivity contribution in [1.82, 2.24) is 4.98 Å². The van der Waals surface area contributed by atoms with Crippen LogP contribution in [0.2, 0.25) is 0 Å². The van der Waals surface area contributed by atoms with Crippen LogP contribution in [-0.4, -0.2) is 11.1 Å². The first-order valence-electron chi connectivity index (χ1n) is 7.86. The summed E-state index contributed by atoms with van der Waals surface area (Å²) in [7, 11) is 0. The van der Waals surface area contributed by atoms with E-state index in [1.54, 1.807) is 11.3 Å². The van der Waals surface area contributed by atoms with Gasteiger partial charge in [0.2, 0.25) is 0 Å². The number of thiazole rings is 1. The molecule has 25 heavy (non-hydrogen) atoms.